The zero-order chi connectivity index (χ0) is 19.8. The number of benzene rings is 2. The number of amides is 2. The summed E-state index contributed by atoms with van der Waals surface area (Å²) in [7, 11) is 0. The van der Waals surface area contributed by atoms with Gasteiger partial charge < -0.3 is 10.6 Å². The van der Waals surface area contributed by atoms with Crippen LogP contribution in [0.4, 0.5) is 0 Å². The first kappa shape index (κ1) is 20.1. The van der Waals surface area contributed by atoms with Gasteiger partial charge >= 0.3 is 0 Å². The molecule has 2 aromatic carbocycles. The zero-order valence-corrected chi connectivity index (χ0v) is 16.5. The van der Waals surface area contributed by atoms with Crippen molar-refractivity contribution >= 4 is 11.8 Å². The summed E-state index contributed by atoms with van der Waals surface area (Å²) in [4.78, 5) is 26.5. The minimum atomic E-state index is -0.239. The maximum absolute atomic E-state index is 12.0. The highest BCUT2D eigenvalue weighted by atomic mass is 16.2. The van der Waals surface area contributed by atoms with Gasteiger partial charge in [-0.05, 0) is 56.1 Å². The van der Waals surface area contributed by atoms with Crippen LogP contribution in [-0.2, 0) is 17.9 Å². The first-order valence-corrected chi connectivity index (χ1v) is 10.0. The molecule has 1 aliphatic rings. The van der Waals surface area contributed by atoms with Crippen LogP contribution >= 0.6 is 0 Å². The van der Waals surface area contributed by atoms with E-state index in [1.54, 1.807) is 12.1 Å². The Labute approximate surface area is 167 Å². The van der Waals surface area contributed by atoms with Crippen molar-refractivity contribution in [2.75, 3.05) is 19.6 Å². The highest BCUT2D eigenvalue weighted by molar-refractivity contribution is 5.96. The fourth-order valence-corrected chi connectivity index (χ4v) is 3.37. The van der Waals surface area contributed by atoms with Crippen molar-refractivity contribution in [2.45, 2.75) is 39.3 Å². The molecule has 0 unspecified atom stereocenters. The lowest BCUT2D eigenvalue weighted by Crippen LogP contribution is -2.36. The summed E-state index contributed by atoms with van der Waals surface area (Å²) in [5, 5.41) is 5.50. The molecule has 148 valence electrons. The van der Waals surface area contributed by atoms with E-state index in [-0.39, 0.29) is 18.4 Å². The molecule has 0 spiro atoms. The predicted octanol–water partition coefficient (Wildman–Crippen LogP) is 3.03. The second kappa shape index (κ2) is 10.0. The molecule has 1 saturated heterocycles. The number of rotatable bonds is 7. The fraction of sp³-hybridized carbons (Fsp3) is 0.391. The molecule has 5 heteroatoms. The minimum absolute atomic E-state index is 0.0280. The summed E-state index contributed by atoms with van der Waals surface area (Å²) >= 11 is 0. The zero-order valence-electron chi connectivity index (χ0n) is 16.5. The molecular weight excluding hydrogens is 350 g/mol. The van der Waals surface area contributed by atoms with Crippen LogP contribution in [0.2, 0.25) is 0 Å². The van der Waals surface area contributed by atoms with Crippen LogP contribution in [0.3, 0.4) is 0 Å². The molecule has 1 aliphatic heterocycles. The molecule has 3 rings (SSSR count). The van der Waals surface area contributed by atoms with Gasteiger partial charge in [0.25, 0.3) is 5.91 Å². The predicted molar refractivity (Wildman–Crippen MR) is 111 cm³/mol. The number of aryl methyl sites for hydroxylation is 1. The SMILES string of the molecule is Cc1ccc(C(=O)NCC(=O)NCc2ccc(CN3CCCCC3)cc2)cc1. The van der Waals surface area contributed by atoms with Crippen LogP contribution in [0.1, 0.15) is 46.3 Å². The summed E-state index contributed by atoms with van der Waals surface area (Å²) in [5.74, 6) is -0.435. The summed E-state index contributed by atoms with van der Waals surface area (Å²) in [6.45, 7) is 5.77. The van der Waals surface area contributed by atoms with Crippen molar-refractivity contribution in [1.29, 1.82) is 0 Å². The minimum Gasteiger partial charge on any atom is -0.350 e. The van der Waals surface area contributed by atoms with E-state index in [0.29, 0.717) is 12.1 Å². The van der Waals surface area contributed by atoms with Crippen molar-refractivity contribution in [2.24, 2.45) is 0 Å². The number of hydrogen-bond donors (Lipinski definition) is 2. The van der Waals surface area contributed by atoms with E-state index in [1.165, 1.54) is 37.9 Å². The Bertz CT molecular complexity index is 778. The lowest BCUT2D eigenvalue weighted by Gasteiger charge is -2.26. The summed E-state index contributed by atoms with van der Waals surface area (Å²) in [6.07, 6.45) is 3.94. The topological polar surface area (TPSA) is 61.4 Å². The molecule has 0 radical (unpaired) electrons. The Morgan fingerprint density at radius 1 is 0.857 bits per heavy atom. The van der Waals surface area contributed by atoms with Gasteiger partial charge in [0.15, 0.2) is 0 Å². The highest BCUT2D eigenvalue weighted by Gasteiger charge is 2.10. The monoisotopic (exact) mass is 379 g/mol. The fourth-order valence-electron chi connectivity index (χ4n) is 3.37. The molecule has 2 aromatic rings. The number of hydrogen-bond acceptors (Lipinski definition) is 3. The van der Waals surface area contributed by atoms with Crippen LogP contribution in [0, 0.1) is 6.92 Å². The molecule has 0 saturated carbocycles. The van der Waals surface area contributed by atoms with E-state index in [1.807, 2.05) is 19.1 Å². The van der Waals surface area contributed by atoms with E-state index in [0.717, 1.165) is 17.7 Å². The highest BCUT2D eigenvalue weighted by Crippen LogP contribution is 2.13. The smallest absolute Gasteiger partial charge is 0.251 e. The Balaban J connectivity index is 1.39. The number of nitrogens with zero attached hydrogens (tertiary/aromatic N) is 1. The van der Waals surface area contributed by atoms with Crippen molar-refractivity contribution in [3.63, 3.8) is 0 Å². The molecule has 0 bridgehead atoms. The van der Waals surface area contributed by atoms with E-state index in [4.69, 9.17) is 0 Å². The molecule has 5 nitrogen and oxygen atoms in total. The van der Waals surface area contributed by atoms with Gasteiger partial charge in [0.2, 0.25) is 5.91 Å². The lowest BCUT2D eigenvalue weighted by molar-refractivity contribution is -0.120. The van der Waals surface area contributed by atoms with Gasteiger partial charge in [-0.3, -0.25) is 14.5 Å². The van der Waals surface area contributed by atoms with Gasteiger partial charge in [-0.25, -0.2) is 0 Å². The largest absolute Gasteiger partial charge is 0.350 e. The number of carbonyl (C=O) groups excluding carboxylic acids is 2. The molecule has 2 N–H and O–H groups in total. The molecule has 1 heterocycles. The summed E-state index contributed by atoms with van der Waals surface area (Å²) in [6, 6.07) is 15.7. The normalized spacial score (nSPS) is 14.5. The van der Waals surface area contributed by atoms with Gasteiger partial charge in [-0.15, -0.1) is 0 Å². The first-order valence-electron chi connectivity index (χ1n) is 10.0. The molecule has 0 atom stereocenters. The van der Waals surface area contributed by atoms with Gasteiger partial charge in [0.1, 0.15) is 0 Å². The van der Waals surface area contributed by atoms with E-state index in [9.17, 15) is 9.59 Å². The molecule has 2 amide bonds. The Kier molecular flexibility index (Phi) is 7.20. The van der Waals surface area contributed by atoms with E-state index < -0.39 is 0 Å². The van der Waals surface area contributed by atoms with Crippen molar-refractivity contribution in [3.8, 4) is 0 Å². The van der Waals surface area contributed by atoms with Crippen LogP contribution in [0.5, 0.6) is 0 Å². The molecular formula is C23H29N3O2. The van der Waals surface area contributed by atoms with Gasteiger partial charge in [0, 0.05) is 18.7 Å². The van der Waals surface area contributed by atoms with Crippen LogP contribution < -0.4 is 10.6 Å². The summed E-state index contributed by atoms with van der Waals surface area (Å²) < 4.78 is 0. The van der Waals surface area contributed by atoms with Crippen LogP contribution in [-0.4, -0.2) is 36.3 Å². The third-order valence-corrected chi connectivity index (χ3v) is 5.09. The number of likely N-dealkylation sites (tertiary alicyclic amines) is 1. The third-order valence-electron chi connectivity index (χ3n) is 5.09. The Morgan fingerprint density at radius 2 is 1.50 bits per heavy atom. The third kappa shape index (κ3) is 6.20. The van der Waals surface area contributed by atoms with E-state index in [2.05, 4.69) is 39.8 Å². The Hall–Kier alpha value is -2.66. The van der Waals surface area contributed by atoms with Gasteiger partial charge in [0.05, 0.1) is 6.54 Å². The van der Waals surface area contributed by atoms with Gasteiger partial charge in [-0.1, -0.05) is 48.4 Å². The first-order chi connectivity index (χ1) is 13.6. The maximum atomic E-state index is 12.0. The van der Waals surface area contributed by atoms with Gasteiger partial charge in [-0.2, -0.15) is 0 Å². The molecule has 1 fully saturated rings. The number of carbonyl (C=O) groups is 2. The number of piperidine rings is 1. The number of nitrogens with one attached hydrogen (secondary N) is 2. The quantitative estimate of drug-likeness (QED) is 0.777. The second-order valence-corrected chi connectivity index (χ2v) is 7.48. The Morgan fingerprint density at radius 3 is 2.18 bits per heavy atom. The van der Waals surface area contributed by atoms with E-state index >= 15 is 0 Å². The molecule has 28 heavy (non-hydrogen) atoms. The maximum Gasteiger partial charge on any atom is 0.251 e. The summed E-state index contributed by atoms with van der Waals surface area (Å²) in [5.41, 5.74) is 4.02. The lowest BCUT2D eigenvalue weighted by atomic mass is 10.1. The average Bonchev–Trinajstić information content (AvgIpc) is 2.73. The van der Waals surface area contributed by atoms with Crippen molar-refractivity contribution < 1.29 is 9.59 Å². The average molecular weight is 380 g/mol. The molecule has 0 aromatic heterocycles. The van der Waals surface area contributed by atoms with Crippen molar-refractivity contribution in [3.05, 3.63) is 70.8 Å². The standard InChI is InChI=1S/C23H29N3O2/c1-18-5-11-21(12-6-18)23(28)25-16-22(27)24-15-19-7-9-20(10-8-19)17-26-13-3-2-4-14-26/h5-12H,2-4,13-17H2,1H3,(H,24,27)(H,25,28). The second-order valence-electron chi connectivity index (χ2n) is 7.48. The van der Waals surface area contributed by atoms with Crippen molar-refractivity contribution in [1.82, 2.24) is 15.5 Å². The van der Waals surface area contributed by atoms with Crippen LogP contribution in [0.15, 0.2) is 48.5 Å². The molecule has 0 aliphatic carbocycles. The van der Waals surface area contributed by atoms with Crippen LogP contribution in [0.25, 0.3) is 0 Å².